The van der Waals surface area contributed by atoms with Gasteiger partial charge in [-0.2, -0.15) is 0 Å². The Balaban J connectivity index is 1.56. The Hall–Kier alpha value is -2.20. The van der Waals surface area contributed by atoms with Crippen LogP contribution in [0.3, 0.4) is 0 Å². The van der Waals surface area contributed by atoms with E-state index in [1.807, 2.05) is 11.9 Å². The summed E-state index contributed by atoms with van der Waals surface area (Å²) in [5, 5.41) is 50.8. The summed E-state index contributed by atoms with van der Waals surface area (Å²) in [6.45, 7) is 1.68. The van der Waals surface area contributed by atoms with Crippen LogP contribution in [0.1, 0.15) is 30.1 Å². The normalized spacial score (nSPS) is 51.5. The third-order valence-electron chi connectivity index (χ3n) is 12.9. The van der Waals surface area contributed by atoms with Gasteiger partial charge in [0.25, 0.3) is 0 Å². The monoisotopic (exact) mass is 647 g/mol. The molecule has 5 saturated carbocycles. The first-order chi connectivity index (χ1) is 21.8. The van der Waals surface area contributed by atoms with Gasteiger partial charge in [-0.15, -0.1) is 0 Å². The molecule has 1 aromatic carbocycles. The van der Waals surface area contributed by atoms with Gasteiger partial charge in [-0.3, -0.25) is 4.79 Å². The smallest absolute Gasteiger partial charge is 0.338 e. The van der Waals surface area contributed by atoms with Crippen molar-refractivity contribution in [3.8, 4) is 0 Å². The molecule has 1 saturated heterocycles. The van der Waals surface area contributed by atoms with E-state index in [0.29, 0.717) is 6.54 Å². The van der Waals surface area contributed by atoms with Crippen molar-refractivity contribution in [1.29, 1.82) is 0 Å². The lowest BCUT2D eigenvalue weighted by Crippen LogP contribution is -2.85. The first-order valence-corrected chi connectivity index (χ1v) is 15.9. The summed E-state index contributed by atoms with van der Waals surface area (Å²) in [7, 11) is 7.77. The maximum absolute atomic E-state index is 13.7. The molecule has 1 heterocycles. The number of nitrogens with zero attached hydrogens (tertiary/aromatic N) is 1. The molecule has 15 atom stereocenters. The number of methoxy groups -OCH3 is 4. The van der Waals surface area contributed by atoms with E-state index in [-0.39, 0.29) is 18.6 Å². The van der Waals surface area contributed by atoms with Crippen molar-refractivity contribution in [3.63, 3.8) is 0 Å². The zero-order valence-electron chi connectivity index (χ0n) is 27.0. The number of benzene rings is 1. The molecule has 4 N–H and O–H groups in total. The van der Waals surface area contributed by atoms with Crippen LogP contribution in [0.5, 0.6) is 0 Å². The molecule has 1 aliphatic heterocycles. The second-order valence-corrected chi connectivity index (χ2v) is 14.4. The first kappa shape index (κ1) is 32.4. The van der Waals surface area contributed by atoms with Crippen LogP contribution >= 0.6 is 0 Å². The van der Waals surface area contributed by atoms with E-state index in [1.165, 1.54) is 28.3 Å². The highest BCUT2D eigenvalue weighted by atomic mass is 16.6. The van der Waals surface area contributed by atoms with Gasteiger partial charge < -0.3 is 53.7 Å². The zero-order chi connectivity index (χ0) is 33.2. The lowest BCUT2D eigenvalue weighted by molar-refractivity contribution is -0.353. The molecule has 6 fully saturated rings. The van der Waals surface area contributed by atoms with E-state index < -0.39 is 106 Å². The first-order valence-electron chi connectivity index (χ1n) is 15.9. The van der Waals surface area contributed by atoms with Crippen LogP contribution in [-0.2, 0) is 33.2 Å². The Bertz CT molecular complexity index is 1400. The van der Waals surface area contributed by atoms with Crippen molar-refractivity contribution in [3.05, 3.63) is 35.9 Å². The van der Waals surface area contributed by atoms with Gasteiger partial charge in [-0.1, -0.05) is 18.2 Å². The van der Waals surface area contributed by atoms with E-state index in [9.17, 15) is 30.0 Å². The number of hydrogen-bond acceptors (Lipinski definition) is 13. The number of rotatable bonds is 8. The third kappa shape index (κ3) is 3.41. The number of carbonyl (C=O) groups excluding carboxylic acids is 2. The number of carbonyl (C=O) groups is 2. The molecule has 1 aromatic rings. The van der Waals surface area contributed by atoms with Gasteiger partial charge in [0, 0.05) is 83.5 Å². The number of hydrogen-bond donors (Lipinski definition) is 4. The van der Waals surface area contributed by atoms with E-state index in [2.05, 4.69) is 0 Å². The van der Waals surface area contributed by atoms with Gasteiger partial charge in [0.2, 0.25) is 0 Å². The average molecular weight is 648 g/mol. The highest BCUT2D eigenvalue weighted by Crippen LogP contribution is 2.81. The van der Waals surface area contributed by atoms with Gasteiger partial charge in [0.1, 0.15) is 23.9 Å². The van der Waals surface area contributed by atoms with Gasteiger partial charge >= 0.3 is 11.9 Å². The molecule has 5 aliphatic carbocycles. The van der Waals surface area contributed by atoms with Crippen LogP contribution in [0, 0.1) is 28.6 Å². The van der Waals surface area contributed by atoms with Gasteiger partial charge in [0.05, 0.1) is 42.0 Å². The molecule has 7 rings (SSSR count). The fourth-order valence-electron chi connectivity index (χ4n) is 12.2. The minimum Gasteiger partial charge on any atom is -0.455 e. The number of ether oxygens (including phenoxy) is 6. The number of piperidine rings is 1. The van der Waals surface area contributed by atoms with E-state index in [4.69, 9.17) is 28.4 Å². The lowest BCUT2D eigenvalue weighted by atomic mass is 9.40. The van der Waals surface area contributed by atoms with Gasteiger partial charge in [-0.25, -0.2) is 4.79 Å². The van der Waals surface area contributed by atoms with Crippen molar-refractivity contribution < 1.29 is 58.4 Å². The van der Waals surface area contributed by atoms with Crippen molar-refractivity contribution in [1.82, 2.24) is 4.90 Å². The molecule has 3 unspecified atom stereocenters. The third-order valence-corrected chi connectivity index (χ3v) is 12.9. The highest BCUT2D eigenvalue weighted by Gasteiger charge is 2.96. The molecule has 7 bridgehead atoms. The number of aliphatic hydroxyl groups excluding tert-OH is 2. The van der Waals surface area contributed by atoms with Crippen LogP contribution in [0.2, 0.25) is 0 Å². The molecule has 254 valence electrons. The molecule has 13 heteroatoms. The number of likely N-dealkylation sites (tertiary alicyclic amines) is 1. The summed E-state index contributed by atoms with van der Waals surface area (Å²) < 4.78 is 36.7. The number of aliphatic hydroxyl groups is 4. The average Bonchev–Trinajstić information content (AvgIpc) is 3.38. The molecule has 0 aromatic heterocycles. The Labute approximate surface area is 267 Å². The molecule has 46 heavy (non-hydrogen) atoms. The summed E-state index contributed by atoms with van der Waals surface area (Å²) in [5.74, 6) is -4.35. The summed E-state index contributed by atoms with van der Waals surface area (Å²) in [4.78, 5) is 28.9. The molecule has 1 spiro atoms. The summed E-state index contributed by atoms with van der Waals surface area (Å²) in [6, 6.07) is 7.61. The SMILES string of the molecule is COC[C@@]12CN(C)C3[C@@H]4C(OC)C1[C@]3([C@H](OC)C[C@@H]2O)[C@@]1(O)C[C@]2(O)[C@H](OC)[C@@H](O)[C@]4(OC(C)=O)[C@@H]1[C@@H]2OC(=O)c1ccccc1. The predicted octanol–water partition coefficient (Wildman–Crippen LogP) is -0.627. The predicted molar refractivity (Wildman–Crippen MR) is 157 cm³/mol. The minimum absolute atomic E-state index is 0.113. The molecular formula is C33H45NO12. The Morgan fingerprint density at radius 1 is 0.978 bits per heavy atom. The second-order valence-electron chi connectivity index (χ2n) is 14.4. The fraction of sp³-hybridized carbons (Fsp3) is 0.758. The quantitative estimate of drug-likeness (QED) is 0.263. The van der Waals surface area contributed by atoms with Crippen LogP contribution in [0.15, 0.2) is 30.3 Å². The van der Waals surface area contributed by atoms with Crippen molar-refractivity contribution in [2.45, 2.75) is 79.2 Å². The van der Waals surface area contributed by atoms with Crippen LogP contribution in [0.4, 0.5) is 0 Å². The van der Waals surface area contributed by atoms with Gasteiger partial charge in [-0.05, 0) is 19.2 Å². The minimum atomic E-state index is -2.12. The number of esters is 2. The topological polar surface area (TPSA) is 174 Å². The van der Waals surface area contributed by atoms with Crippen LogP contribution in [0.25, 0.3) is 0 Å². The van der Waals surface area contributed by atoms with E-state index in [1.54, 1.807) is 37.4 Å². The zero-order valence-corrected chi connectivity index (χ0v) is 27.0. The Kier molecular flexibility index (Phi) is 7.31. The summed E-state index contributed by atoms with van der Waals surface area (Å²) in [6.07, 6.45) is -7.39. The Morgan fingerprint density at radius 3 is 2.26 bits per heavy atom. The molecule has 0 radical (unpaired) electrons. The van der Waals surface area contributed by atoms with Crippen LogP contribution in [-0.4, -0.2) is 145 Å². The summed E-state index contributed by atoms with van der Waals surface area (Å²) >= 11 is 0. The molecular weight excluding hydrogens is 602 g/mol. The maximum atomic E-state index is 13.7. The van der Waals surface area contributed by atoms with Crippen molar-refractivity contribution in [2.75, 3.05) is 48.6 Å². The molecule has 0 amide bonds. The van der Waals surface area contributed by atoms with Crippen molar-refractivity contribution in [2.24, 2.45) is 28.6 Å². The lowest BCUT2D eigenvalue weighted by Gasteiger charge is -2.72. The van der Waals surface area contributed by atoms with Gasteiger partial charge in [0.15, 0.2) is 5.60 Å². The highest BCUT2D eigenvalue weighted by molar-refractivity contribution is 5.89. The molecule has 13 nitrogen and oxygen atoms in total. The van der Waals surface area contributed by atoms with Crippen molar-refractivity contribution >= 4 is 11.9 Å². The Morgan fingerprint density at radius 2 is 1.67 bits per heavy atom. The summed E-state index contributed by atoms with van der Waals surface area (Å²) in [5.41, 5.74) is -8.16. The largest absolute Gasteiger partial charge is 0.455 e. The number of fused-ring (bicyclic) bond motifs is 2. The van der Waals surface area contributed by atoms with E-state index >= 15 is 0 Å². The second kappa shape index (κ2) is 10.4. The maximum Gasteiger partial charge on any atom is 0.338 e. The molecule has 6 aliphatic rings. The standard InChI is InChI=1S/C33H45NO12/c1-16(35)46-33-20-21(43-5)22-29(15-41-3)14-34(2)24(20)32(22,19(42-4)12-18(29)36)31(40)13-30(39,27(44-6)25(33)37)26(23(31)33)45-28(38)17-10-8-7-9-11-17/h7-11,18-27,36-37,39-40H,12-15H2,1-6H3/t18-,19+,20-,21?,22?,23+,24?,25+,26-,27+,29+,30+,31+,32-,33+/m0/s1. The fourth-order valence-corrected chi connectivity index (χ4v) is 12.2. The van der Waals surface area contributed by atoms with Crippen LogP contribution < -0.4 is 0 Å². The van der Waals surface area contributed by atoms with E-state index in [0.717, 1.165) is 0 Å².